The van der Waals surface area contributed by atoms with Gasteiger partial charge in [0.25, 0.3) is 0 Å². The predicted octanol–water partition coefficient (Wildman–Crippen LogP) is 4.98. The quantitative estimate of drug-likeness (QED) is 0.854. The zero-order chi connectivity index (χ0) is 15.5. The molecule has 0 saturated carbocycles. The lowest BCUT2D eigenvalue weighted by atomic mass is 10.1. The van der Waals surface area contributed by atoms with Crippen molar-refractivity contribution in [2.75, 3.05) is 0 Å². The molecule has 0 aromatic heterocycles. The summed E-state index contributed by atoms with van der Waals surface area (Å²) in [4.78, 5) is 0. The molecule has 0 aliphatic rings. The fourth-order valence-electron chi connectivity index (χ4n) is 2.17. The molecule has 2 aromatic carbocycles. The third kappa shape index (κ3) is 5.24. The minimum atomic E-state index is 0.133. The Hall–Kier alpha value is -1.80. The van der Waals surface area contributed by atoms with Crippen LogP contribution in [0.15, 0.2) is 42.5 Å². The average molecular weight is 283 g/mol. The largest absolute Gasteiger partial charge is 0.457 e. The third-order valence-electron chi connectivity index (χ3n) is 3.18. The molecule has 2 heteroatoms. The second kappa shape index (κ2) is 6.31. The summed E-state index contributed by atoms with van der Waals surface area (Å²) in [7, 11) is 0. The summed E-state index contributed by atoms with van der Waals surface area (Å²) in [5.74, 6) is 1.77. The summed E-state index contributed by atoms with van der Waals surface area (Å²) in [6.45, 7) is 11.6. The molecule has 0 heterocycles. The van der Waals surface area contributed by atoms with Gasteiger partial charge in [-0.2, -0.15) is 0 Å². The Kier molecular flexibility index (Phi) is 4.69. The highest BCUT2D eigenvalue weighted by Crippen LogP contribution is 2.24. The van der Waals surface area contributed by atoms with Crippen molar-refractivity contribution in [2.24, 2.45) is 0 Å². The van der Waals surface area contributed by atoms with Gasteiger partial charge in [-0.25, -0.2) is 0 Å². The molecule has 2 aromatic rings. The number of hydrogen-bond acceptors (Lipinski definition) is 2. The zero-order valence-electron chi connectivity index (χ0n) is 13.7. The van der Waals surface area contributed by atoms with Crippen molar-refractivity contribution in [2.45, 2.75) is 46.7 Å². The van der Waals surface area contributed by atoms with E-state index < -0.39 is 0 Å². The van der Waals surface area contributed by atoms with Crippen molar-refractivity contribution >= 4 is 0 Å². The first kappa shape index (κ1) is 15.6. The van der Waals surface area contributed by atoms with E-state index in [0.717, 1.165) is 18.0 Å². The Morgan fingerprint density at radius 2 is 1.43 bits per heavy atom. The van der Waals surface area contributed by atoms with E-state index in [-0.39, 0.29) is 5.54 Å². The standard InChI is InChI=1S/C19H25NO/c1-14-10-15(2)12-18(11-14)21-17-8-6-16(7-9-17)13-20-19(3,4)5/h6-12,20H,13H2,1-5H3. The third-order valence-corrected chi connectivity index (χ3v) is 3.18. The van der Waals surface area contributed by atoms with Gasteiger partial charge in [0, 0.05) is 12.1 Å². The van der Waals surface area contributed by atoms with Crippen molar-refractivity contribution in [3.8, 4) is 11.5 Å². The SMILES string of the molecule is Cc1cc(C)cc(Oc2ccc(CNC(C)(C)C)cc2)c1. The molecule has 0 atom stereocenters. The maximum atomic E-state index is 5.92. The van der Waals surface area contributed by atoms with Crippen LogP contribution in [0.5, 0.6) is 11.5 Å². The molecule has 0 radical (unpaired) electrons. The van der Waals surface area contributed by atoms with Crippen LogP contribution in [0.1, 0.15) is 37.5 Å². The number of benzene rings is 2. The topological polar surface area (TPSA) is 21.3 Å². The van der Waals surface area contributed by atoms with Crippen molar-refractivity contribution in [3.05, 3.63) is 59.2 Å². The maximum absolute atomic E-state index is 5.92. The van der Waals surface area contributed by atoms with E-state index in [1.165, 1.54) is 16.7 Å². The molecule has 0 amide bonds. The summed E-state index contributed by atoms with van der Waals surface area (Å²) in [5.41, 5.74) is 3.83. The fourth-order valence-corrected chi connectivity index (χ4v) is 2.17. The van der Waals surface area contributed by atoms with E-state index in [4.69, 9.17) is 4.74 Å². The molecule has 112 valence electrons. The van der Waals surface area contributed by atoms with Gasteiger partial charge in [0.1, 0.15) is 11.5 Å². The van der Waals surface area contributed by atoms with Gasteiger partial charge in [-0.15, -0.1) is 0 Å². The summed E-state index contributed by atoms with van der Waals surface area (Å²) >= 11 is 0. The lowest BCUT2D eigenvalue weighted by Gasteiger charge is -2.20. The van der Waals surface area contributed by atoms with E-state index in [9.17, 15) is 0 Å². The van der Waals surface area contributed by atoms with Crippen molar-refractivity contribution in [3.63, 3.8) is 0 Å². The van der Waals surface area contributed by atoms with Crippen LogP contribution in [0.2, 0.25) is 0 Å². The summed E-state index contributed by atoms with van der Waals surface area (Å²) in [6, 6.07) is 14.5. The Labute approximate surface area is 128 Å². The number of aryl methyl sites for hydroxylation is 2. The molecule has 0 saturated heterocycles. The van der Waals surface area contributed by atoms with E-state index in [1.54, 1.807) is 0 Å². The molecule has 0 aliphatic carbocycles. The predicted molar refractivity (Wildman–Crippen MR) is 89.0 cm³/mol. The minimum Gasteiger partial charge on any atom is -0.457 e. The molecular weight excluding hydrogens is 258 g/mol. The lowest BCUT2D eigenvalue weighted by Crippen LogP contribution is -2.34. The Bertz CT molecular complexity index is 574. The first-order chi connectivity index (χ1) is 9.82. The van der Waals surface area contributed by atoms with Crippen LogP contribution < -0.4 is 10.1 Å². The van der Waals surface area contributed by atoms with Crippen LogP contribution in [0.4, 0.5) is 0 Å². The second-order valence-corrected chi connectivity index (χ2v) is 6.67. The van der Waals surface area contributed by atoms with Crippen molar-refractivity contribution in [1.29, 1.82) is 0 Å². The van der Waals surface area contributed by atoms with Gasteiger partial charge in [0.15, 0.2) is 0 Å². The van der Waals surface area contributed by atoms with Crippen LogP contribution in [-0.2, 0) is 6.54 Å². The molecule has 1 N–H and O–H groups in total. The first-order valence-corrected chi connectivity index (χ1v) is 7.42. The molecule has 0 aliphatic heterocycles. The Morgan fingerprint density at radius 1 is 0.857 bits per heavy atom. The number of nitrogens with one attached hydrogen (secondary N) is 1. The average Bonchev–Trinajstić information content (AvgIpc) is 2.36. The first-order valence-electron chi connectivity index (χ1n) is 7.42. The highest BCUT2D eigenvalue weighted by atomic mass is 16.5. The van der Waals surface area contributed by atoms with Crippen LogP contribution in [-0.4, -0.2) is 5.54 Å². The molecule has 0 unspecified atom stereocenters. The van der Waals surface area contributed by atoms with Crippen LogP contribution >= 0.6 is 0 Å². The van der Waals surface area contributed by atoms with Gasteiger partial charge in [-0.05, 0) is 75.6 Å². The molecule has 0 spiro atoms. The van der Waals surface area contributed by atoms with Gasteiger partial charge >= 0.3 is 0 Å². The molecule has 0 fully saturated rings. The van der Waals surface area contributed by atoms with Gasteiger partial charge < -0.3 is 10.1 Å². The number of rotatable bonds is 4. The van der Waals surface area contributed by atoms with Crippen molar-refractivity contribution < 1.29 is 4.74 Å². The number of hydrogen-bond donors (Lipinski definition) is 1. The van der Waals surface area contributed by atoms with Crippen LogP contribution in [0.25, 0.3) is 0 Å². The highest BCUT2D eigenvalue weighted by molar-refractivity contribution is 5.37. The Morgan fingerprint density at radius 3 is 1.95 bits per heavy atom. The maximum Gasteiger partial charge on any atom is 0.127 e. The molecular formula is C19H25NO. The lowest BCUT2D eigenvalue weighted by molar-refractivity contribution is 0.424. The van der Waals surface area contributed by atoms with Gasteiger partial charge in [-0.3, -0.25) is 0 Å². The van der Waals surface area contributed by atoms with Gasteiger partial charge in [0.2, 0.25) is 0 Å². The van der Waals surface area contributed by atoms with Crippen LogP contribution in [0, 0.1) is 13.8 Å². The summed E-state index contributed by atoms with van der Waals surface area (Å²) in [6.07, 6.45) is 0. The molecule has 0 bridgehead atoms. The normalized spacial score (nSPS) is 11.5. The smallest absolute Gasteiger partial charge is 0.127 e. The van der Waals surface area contributed by atoms with Crippen molar-refractivity contribution in [1.82, 2.24) is 5.32 Å². The van der Waals surface area contributed by atoms with Crippen LogP contribution in [0.3, 0.4) is 0 Å². The molecule has 2 rings (SSSR count). The number of ether oxygens (including phenoxy) is 1. The minimum absolute atomic E-state index is 0.133. The molecule has 2 nitrogen and oxygen atoms in total. The summed E-state index contributed by atoms with van der Waals surface area (Å²) < 4.78 is 5.92. The van der Waals surface area contributed by atoms with E-state index in [0.29, 0.717) is 0 Å². The van der Waals surface area contributed by atoms with E-state index in [2.05, 4.69) is 70.3 Å². The van der Waals surface area contributed by atoms with Gasteiger partial charge in [0.05, 0.1) is 0 Å². The second-order valence-electron chi connectivity index (χ2n) is 6.67. The zero-order valence-corrected chi connectivity index (χ0v) is 13.7. The van der Waals surface area contributed by atoms with E-state index >= 15 is 0 Å². The van der Waals surface area contributed by atoms with E-state index in [1.807, 2.05) is 12.1 Å². The summed E-state index contributed by atoms with van der Waals surface area (Å²) in [5, 5.41) is 3.48. The monoisotopic (exact) mass is 283 g/mol. The highest BCUT2D eigenvalue weighted by Gasteiger charge is 2.08. The Balaban J connectivity index is 2.02. The molecule has 21 heavy (non-hydrogen) atoms. The van der Waals surface area contributed by atoms with Gasteiger partial charge in [-0.1, -0.05) is 18.2 Å². The fraction of sp³-hybridized carbons (Fsp3) is 0.368.